The molecule has 1 aliphatic heterocycles. The Morgan fingerprint density at radius 2 is 1.95 bits per heavy atom. The second-order valence-electron chi connectivity index (χ2n) is 5.25. The summed E-state index contributed by atoms with van der Waals surface area (Å²) in [6, 6.07) is 8.51. The summed E-state index contributed by atoms with van der Waals surface area (Å²) in [5.41, 5.74) is 3.96. The molecule has 1 unspecified atom stereocenters. The number of hydrogen-bond donors (Lipinski definition) is 0. The molecule has 0 spiro atoms. The molecule has 2 aliphatic rings. The van der Waals surface area contributed by atoms with Gasteiger partial charge in [0.15, 0.2) is 12.1 Å². The summed E-state index contributed by atoms with van der Waals surface area (Å²) in [4.78, 5) is 11.1. The Morgan fingerprint density at radius 3 is 2.74 bits per heavy atom. The van der Waals surface area contributed by atoms with Crippen LogP contribution in [0.3, 0.4) is 0 Å². The molecule has 1 aromatic rings. The normalized spacial score (nSPS) is 23.9. The number of ether oxygens (including phenoxy) is 2. The topological polar surface area (TPSA) is 35.5 Å². The second-order valence-corrected chi connectivity index (χ2v) is 5.25. The monoisotopic (exact) mass is 258 g/mol. The van der Waals surface area contributed by atoms with Crippen molar-refractivity contribution in [3.05, 3.63) is 41.5 Å². The molecular weight excluding hydrogens is 240 g/mol. The minimum atomic E-state index is -0.287. The Bertz CT molecular complexity index is 508. The highest BCUT2D eigenvalue weighted by Crippen LogP contribution is 2.36. The number of rotatable bonds is 2. The summed E-state index contributed by atoms with van der Waals surface area (Å²) >= 11 is 0. The molecule has 19 heavy (non-hydrogen) atoms. The molecule has 0 N–H and O–H groups in total. The molecule has 0 radical (unpaired) electrons. The zero-order valence-corrected chi connectivity index (χ0v) is 11.1. The van der Waals surface area contributed by atoms with Crippen LogP contribution in [0.2, 0.25) is 0 Å². The van der Waals surface area contributed by atoms with E-state index in [-0.39, 0.29) is 25.3 Å². The van der Waals surface area contributed by atoms with E-state index in [0.717, 1.165) is 12.8 Å². The minimum absolute atomic E-state index is 0.0166. The molecule has 3 heteroatoms. The molecule has 1 aromatic carbocycles. The first-order chi connectivity index (χ1) is 9.24. The lowest BCUT2D eigenvalue weighted by molar-refractivity contribution is -0.183. The van der Waals surface area contributed by atoms with Crippen molar-refractivity contribution in [2.24, 2.45) is 0 Å². The van der Waals surface area contributed by atoms with E-state index in [1.165, 1.54) is 16.7 Å². The number of carbonyl (C=O) groups is 1. The van der Waals surface area contributed by atoms with Crippen molar-refractivity contribution in [1.29, 1.82) is 0 Å². The summed E-state index contributed by atoms with van der Waals surface area (Å²) in [7, 11) is 0. The molecule has 0 amide bonds. The van der Waals surface area contributed by atoms with Crippen molar-refractivity contribution >= 4 is 11.4 Å². The van der Waals surface area contributed by atoms with Crippen LogP contribution in [0.25, 0.3) is 5.57 Å². The Balaban J connectivity index is 1.77. The molecule has 1 fully saturated rings. The molecule has 3 nitrogen and oxygen atoms in total. The van der Waals surface area contributed by atoms with Gasteiger partial charge in [0.05, 0.1) is 0 Å². The van der Waals surface area contributed by atoms with E-state index < -0.39 is 0 Å². The summed E-state index contributed by atoms with van der Waals surface area (Å²) < 4.78 is 10.8. The van der Waals surface area contributed by atoms with Gasteiger partial charge in [0, 0.05) is 6.42 Å². The number of Topliss-reactive ketones (excluding diaryl/α,β-unsaturated/α-hetero) is 1. The van der Waals surface area contributed by atoms with Crippen molar-refractivity contribution in [2.45, 2.75) is 32.0 Å². The van der Waals surface area contributed by atoms with E-state index in [1.807, 2.05) is 0 Å². The number of ketones is 1. The van der Waals surface area contributed by atoms with Crippen LogP contribution < -0.4 is 0 Å². The molecule has 1 aliphatic carbocycles. The van der Waals surface area contributed by atoms with Crippen molar-refractivity contribution < 1.29 is 14.3 Å². The molecular formula is C16H18O3. The summed E-state index contributed by atoms with van der Waals surface area (Å²) in [6.07, 6.45) is 3.76. The average molecular weight is 258 g/mol. The van der Waals surface area contributed by atoms with E-state index in [4.69, 9.17) is 9.47 Å². The fraction of sp³-hybridized carbons (Fsp3) is 0.438. The average Bonchev–Trinajstić information content (AvgIpc) is 2.45. The van der Waals surface area contributed by atoms with Gasteiger partial charge in [-0.15, -0.1) is 0 Å². The van der Waals surface area contributed by atoms with Crippen molar-refractivity contribution in [3.63, 3.8) is 0 Å². The van der Waals surface area contributed by atoms with Gasteiger partial charge in [-0.3, -0.25) is 4.79 Å². The van der Waals surface area contributed by atoms with Crippen LogP contribution in [-0.2, 0) is 14.3 Å². The number of benzene rings is 1. The summed E-state index contributed by atoms with van der Waals surface area (Å²) in [5, 5.41) is 0. The van der Waals surface area contributed by atoms with Gasteiger partial charge >= 0.3 is 0 Å². The smallest absolute Gasteiger partial charge is 0.184 e. The third-order valence-corrected chi connectivity index (χ3v) is 3.80. The van der Waals surface area contributed by atoms with E-state index in [2.05, 4.69) is 37.3 Å². The summed E-state index contributed by atoms with van der Waals surface area (Å²) in [6.45, 7) is 2.60. The highest BCUT2D eigenvalue weighted by Gasteiger charge is 2.24. The van der Waals surface area contributed by atoms with E-state index in [9.17, 15) is 4.79 Å². The molecule has 1 atom stereocenters. The van der Waals surface area contributed by atoms with Gasteiger partial charge in [-0.2, -0.15) is 0 Å². The molecule has 0 aromatic heterocycles. The van der Waals surface area contributed by atoms with E-state index in [0.29, 0.717) is 5.92 Å². The van der Waals surface area contributed by atoms with Crippen LogP contribution >= 0.6 is 0 Å². The maximum atomic E-state index is 11.1. The van der Waals surface area contributed by atoms with Gasteiger partial charge in [-0.25, -0.2) is 0 Å². The Kier molecular flexibility index (Phi) is 3.49. The zero-order valence-electron chi connectivity index (χ0n) is 11.1. The lowest BCUT2D eigenvalue weighted by Crippen LogP contribution is -2.32. The molecule has 0 bridgehead atoms. The fourth-order valence-electron chi connectivity index (χ4n) is 2.73. The largest absolute Gasteiger partial charge is 0.344 e. The number of fused-ring (bicyclic) bond motifs is 1. The van der Waals surface area contributed by atoms with Gasteiger partial charge in [-0.05, 0) is 29.0 Å². The zero-order chi connectivity index (χ0) is 13.2. The first kappa shape index (κ1) is 12.6. The first-order valence-corrected chi connectivity index (χ1v) is 6.77. The number of hydrogen-bond acceptors (Lipinski definition) is 3. The molecule has 1 saturated heterocycles. The fourth-order valence-corrected chi connectivity index (χ4v) is 2.73. The van der Waals surface area contributed by atoms with Gasteiger partial charge in [0.25, 0.3) is 0 Å². The van der Waals surface area contributed by atoms with Crippen molar-refractivity contribution in [2.75, 3.05) is 13.2 Å². The van der Waals surface area contributed by atoms with Crippen molar-refractivity contribution in [1.82, 2.24) is 0 Å². The highest BCUT2D eigenvalue weighted by molar-refractivity contribution is 5.81. The Hall–Kier alpha value is -1.45. The lowest BCUT2D eigenvalue weighted by Gasteiger charge is -2.27. The first-order valence-electron chi connectivity index (χ1n) is 6.77. The third-order valence-electron chi connectivity index (χ3n) is 3.80. The van der Waals surface area contributed by atoms with Gasteiger partial charge < -0.3 is 9.47 Å². The predicted molar refractivity (Wildman–Crippen MR) is 72.8 cm³/mol. The van der Waals surface area contributed by atoms with Crippen LogP contribution in [0.4, 0.5) is 0 Å². The van der Waals surface area contributed by atoms with E-state index >= 15 is 0 Å². The van der Waals surface area contributed by atoms with Crippen molar-refractivity contribution in [3.8, 4) is 0 Å². The lowest BCUT2D eigenvalue weighted by atomic mass is 9.83. The SMILES string of the molecule is CC1CC=C(CC2OCC(=O)CO2)c2ccccc21. The second kappa shape index (κ2) is 5.27. The Labute approximate surface area is 113 Å². The van der Waals surface area contributed by atoms with Crippen LogP contribution in [0.1, 0.15) is 36.8 Å². The van der Waals surface area contributed by atoms with Crippen LogP contribution in [0, 0.1) is 0 Å². The molecule has 3 rings (SSSR count). The summed E-state index contributed by atoms with van der Waals surface area (Å²) in [5.74, 6) is 0.581. The van der Waals surface area contributed by atoms with E-state index in [1.54, 1.807) is 0 Å². The van der Waals surface area contributed by atoms with Crippen LogP contribution in [0.5, 0.6) is 0 Å². The molecule has 0 saturated carbocycles. The number of carbonyl (C=O) groups excluding carboxylic acids is 1. The maximum Gasteiger partial charge on any atom is 0.184 e. The Morgan fingerprint density at radius 1 is 1.21 bits per heavy atom. The number of allylic oxidation sites excluding steroid dienone is 1. The van der Waals surface area contributed by atoms with Crippen LogP contribution in [0.15, 0.2) is 30.3 Å². The van der Waals surface area contributed by atoms with Gasteiger partial charge in [0.2, 0.25) is 0 Å². The molecule has 1 heterocycles. The standard InChI is InChI=1S/C16H18O3/c1-11-6-7-12(15-5-3-2-4-14(11)15)8-16-18-9-13(17)10-19-16/h2-5,7,11,16H,6,8-10H2,1H3. The maximum absolute atomic E-state index is 11.1. The molecule has 100 valence electrons. The minimum Gasteiger partial charge on any atom is -0.344 e. The third kappa shape index (κ3) is 2.62. The van der Waals surface area contributed by atoms with Gasteiger partial charge in [0.1, 0.15) is 13.2 Å². The van der Waals surface area contributed by atoms with Gasteiger partial charge in [-0.1, -0.05) is 37.3 Å². The predicted octanol–water partition coefficient (Wildman–Crippen LogP) is 2.91. The quantitative estimate of drug-likeness (QED) is 0.818. The van der Waals surface area contributed by atoms with Crippen LogP contribution in [-0.4, -0.2) is 25.3 Å². The highest BCUT2D eigenvalue weighted by atomic mass is 16.7.